The van der Waals surface area contributed by atoms with Gasteiger partial charge in [-0.1, -0.05) is 23.7 Å². The Morgan fingerprint density at radius 1 is 1.29 bits per heavy atom. The minimum Gasteiger partial charge on any atom is -0.391 e. The Labute approximate surface area is 107 Å². The van der Waals surface area contributed by atoms with Gasteiger partial charge in [-0.25, -0.2) is 8.42 Å². The first-order valence-electron chi connectivity index (χ1n) is 5.26. The fraction of sp³-hybridized carbons (Fsp3) is 0.500. The normalized spacial score (nSPS) is 14.6. The van der Waals surface area contributed by atoms with E-state index in [1.54, 1.807) is 24.3 Å². The second kappa shape index (κ2) is 4.96. The Bertz CT molecular complexity index is 477. The molecule has 0 heterocycles. The minimum absolute atomic E-state index is 0.289. The fourth-order valence-corrected chi connectivity index (χ4v) is 2.04. The van der Waals surface area contributed by atoms with Gasteiger partial charge in [-0.3, -0.25) is 0 Å². The summed E-state index contributed by atoms with van der Waals surface area (Å²) in [5, 5.41) is 10.6. The lowest BCUT2D eigenvalue weighted by Crippen LogP contribution is -2.44. The number of rotatable bonds is 4. The van der Waals surface area contributed by atoms with E-state index in [4.69, 9.17) is 11.6 Å². The molecule has 96 valence electrons. The molecule has 0 aromatic heterocycles. The molecule has 1 atom stereocenters. The van der Waals surface area contributed by atoms with Crippen LogP contribution in [-0.4, -0.2) is 30.6 Å². The van der Waals surface area contributed by atoms with Crippen molar-refractivity contribution < 1.29 is 13.5 Å². The molecule has 0 aliphatic rings. The van der Waals surface area contributed by atoms with Gasteiger partial charge in [-0.2, -0.15) is 0 Å². The molecule has 0 bridgehead atoms. The van der Waals surface area contributed by atoms with Crippen LogP contribution in [0, 0.1) is 0 Å². The van der Waals surface area contributed by atoms with E-state index in [0.29, 0.717) is 5.02 Å². The monoisotopic (exact) mass is 276 g/mol. The van der Waals surface area contributed by atoms with E-state index in [2.05, 4.69) is 0 Å². The zero-order valence-corrected chi connectivity index (χ0v) is 11.7. The van der Waals surface area contributed by atoms with E-state index >= 15 is 0 Å². The van der Waals surface area contributed by atoms with Crippen molar-refractivity contribution in [2.24, 2.45) is 0 Å². The maximum absolute atomic E-state index is 11.6. The van der Waals surface area contributed by atoms with Crippen LogP contribution in [0.2, 0.25) is 5.02 Å². The first kappa shape index (κ1) is 14.5. The SMILES string of the molecule is CC(C)(C(O)Cc1ccc(Cl)cc1)S(C)(=O)=O. The first-order chi connectivity index (χ1) is 7.64. The molecule has 0 aliphatic heterocycles. The molecule has 0 spiro atoms. The third kappa shape index (κ3) is 3.44. The lowest BCUT2D eigenvalue weighted by atomic mass is 9.98. The molecule has 1 aromatic carbocycles. The number of sulfone groups is 1. The van der Waals surface area contributed by atoms with Crippen molar-refractivity contribution in [1.29, 1.82) is 0 Å². The second-order valence-corrected chi connectivity index (χ2v) is 7.75. The van der Waals surface area contributed by atoms with Gasteiger partial charge in [0.2, 0.25) is 0 Å². The first-order valence-corrected chi connectivity index (χ1v) is 7.53. The average Bonchev–Trinajstić information content (AvgIpc) is 2.19. The number of halogens is 1. The summed E-state index contributed by atoms with van der Waals surface area (Å²) in [5.74, 6) is 0. The van der Waals surface area contributed by atoms with Gasteiger partial charge in [-0.05, 0) is 38.0 Å². The number of aliphatic hydroxyl groups is 1. The molecule has 1 N–H and O–H groups in total. The third-order valence-electron chi connectivity index (χ3n) is 3.10. The van der Waals surface area contributed by atoms with Crippen LogP contribution >= 0.6 is 11.6 Å². The lowest BCUT2D eigenvalue weighted by Gasteiger charge is -2.28. The summed E-state index contributed by atoms with van der Waals surface area (Å²) in [6.07, 6.45) is 0.480. The Hall–Kier alpha value is -0.580. The highest BCUT2D eigenvalue weighted by molar-refractivity contribution is 7.92. The minimum atomic E-state index is -3.31. The van der Waals surface area contributed by atoms with Crippen LogP contribution in [0.1, 0.15) is 19.4 Å². The quantitative estimate of drug-likeness (QED) is 0.916. The van der Waals surface area contributed by atoms with E-state index in [-0.39, 0.29) is 6.42 Å². The molecular weight excluding hydrogens is 260 g/mol. The summed E-state index contributed by atoms with van der Waals surface area (Å²) in [6.45, 7) is 3.06. The van der Waals surface area contributed by atoms with Crippen molar-refractivity contribution in [1.82, 2.24) is 0 Å². The molecule has 0 fully saturated rings. The highest BCUT2D eigenvalue weighted by Gasteiger charge is 2.37. The Morgan fingerprint density at radius 2 is 1.76 bits per heavy atom. The molecule has 0 saturated carbocycles. The van der Waals surface area contributed by atoms with Gasteiger partial charge in [0.15, 0.2) is 9.84 Å². The Kier molecular flexibility index (Phi) is 4.23. The van der Waals surface area contributed by atoms with E-state index in [1.807, 2.05) is 0 Å². The zero-order valence-electron chi connectivity index (χ0n) is 10.1. The molecule has 17 heavy (non-hydrogen) atoms. The summed E-state index contributed by atoms with van der Waals surface area (Å²) in [7, 11) is -3.31. The maximum atomic E-state index is 11.6. The highest BCUT2D eigenvalue weighted by atomic mass is 35.5. The van der Waals surface area contributed by atoms with Crippen molar-refractivity contribution in [3.8, 4) is 0 Å². The summed E-state index contributed by atoms with van der Waals surface area (Å²) in [4.78, 5) is 0. The molecule has 3 nitrogen and oxygen atoms in total. The van der Waals surface area contributed by atoms with Crippen LogP contribution in [0.5, 0.6) is 0 Å². The van der Waals surface area contributed by atoms with Crippen molar-refractivity contribution in [3.63, 3.8) is 0 Å². The van der Waals surface area contributed by atoms with Gasteiger partial charge in [0.25, 0.3) is 0 Å². The lowest BCUT2D eigenvalue weighted by molar-refractivity contribution is 0.138. The van der Waals surface area contributed by atoms with Crippen LogP contribution in [-0.2, 0) is 16.3 Å². The van der Waals surface area contributed by atoms with Gasteiger partial charge < -0.3 is 5.11 Å². The third-order valence-corrected chi connectivity index (χ3v) is 5.54. The van der Waals surface area contributed by atoms with Crippen LogP contribution in [0.3, 0.4) is 0 Å². The topological polar surface area (TPSA) is 54.4 Å². The molecule has 0 saturated heterocycles. The summed E-state index contributed by atoms with van der Waals surface area (Å²) >= 11 is 5.75. The standard InChI is InChI=1S/C12H17ClO3S/c1-12(2,17(3,15)16)11(14)8-9-4-6-10(13)7-5-9/h4-7,11,14H,8H2,1-3H3. The Balaban J connectivity index is 2.86. The van der Waals surface area contributed by atoms with Crippen LogP contribution in [0.15, 0.2) is 24.3 Å². The van der Waals surface area contributed by atoms with Crippen LogP contribution in [0.4, 0.5) is 0 Å². The predicted octanol–water partition coefficient (Wildman–Crippen LogP) is 2.07. The van der Waals surface area contributed by atoms with Crippen molar-refractivity contribution >= 4 is 21.4 Å². The zero-order chi connectivity index (χ0) is 13.3. The van der Waals surface area contributed by atoms with Crippen LogP contribution in [0.25, 0.3) is 0 Å². The van der Waals surface area contributed by atoms with Crippen LogP contribution < -0.4 is 0 Å². The van der Waals surface area contributed by atoms with Crippen molar-refractivity contribution in [2.45, 2.75) is 31.1 Å². The number of aliphatic hydroxyl groups excluding tert-OH is 1. The Morgan fingerprint density at radius 3 is 2.18 bits per heavy atom. The predicted molar refractivity (Wildman–Crippen MR) is 70.1 cm³/mol. The largest absolute Gasteiger partial charge is 0.391 e. The maximum Gasteiger partial charge on any atom is 0.155 e. The summed E-state index contributed by atoms with van der Waals surface area (Å²) in [6, 6.07) is 7.00. The van der Waals surface area contributed by atoms with E-state index in [1.165, 1.54) is 13.8 Å². The molecule has 0 amide bonds. The fourth-order valence-electron chi connectivity index (χ4n) is 1.34. The second-order valence-electron chi connectivity index (χ2n) is 4.72. The smallest absolute Gasteiger partial charge is 0.155 e. The van der Waals surface area contributed by atoms with E-state index in [0.717, 1.165) is 11.8 Å². The molecule has 0 aliphatic carbocycles. The molecule has 0 radical (unpaired) electrons. The van der Waals surface area contributed by atoms with Gasteiger partial charge in [0.05, 0.1) is 10.9 Å². The van der Waals surface area contributed by atoms with E-state index < -0.39 is 20.7 Å². The van der Waals surface area contributed by atoms with E-state index in [9.17, 15) is 13.5 Å². The molecule has 5 heteroatoms. The van der Waals surface area contributed by atoms with Gasteiger partial charge in [-0.15, -0.1) is 0 Å². The number of hydrogen-bond donors (Lipinski definition) is 1. The van der Waals surface area contributed by atoms with Crippen molar-refractivity contribution in [3.05, 3.63) is 34.9 Å². The number of benzene rings is 1. The van der Waals surface area contributed by atoms with Gasteiger partial charge >= 0.3 is 0 Å². The summed E-state index contributed by atoms with van der Waals surface area (Å²) in [5.41, 5.74) is 0.860. The molecule has 1 aromatic rings. The van der Waals surface area contributed by atoms with Crippen molar-refractivity contribution in [2.75, 3.05) is 6.26 Å². The number of hydrogen-bond acceptors (Lipinski definition) is 3. The van der Waals surface area contributed by atoms with Gasteiger partial charge in [0.1, 0.15) is 0 Å². The molecule has 1 unspecified atom stereocenters. The average molecular weight is 277 g/mol. The van der Waals surface area contributed by atoms with Gasteiger partial charge in [0, 0.05) is 11.3 Å². The molecule has 1 rings (SSSR count). The highest BCUT2D eigenvalue weighted by Crippen LogP contribution is 2.23. The molecular formula is C12H17ClO3S. The summed E-state index contributed by atoms with van der Waals surface area (Å²) < 4.78 is 22.0.